The van der Waals surface area contributed by atoms with E-state index in [0.29, 0.717) is 12.5 Å². The third-order valence-electron chi connectivity index (χ3n) is 14.9. The van der Waals surface area contributed by atoms with Crippen molar-refractivity contribution >= 4 is 16.9 Å². The highest BCUT2D eigenvalue weighted by molar-refractivity contribution is 5.85. The Morgan fingerprint density at radius 2 is 1.47 bits per heavy atom. The number of hydrogen-bond donors (Lipinski definition) is 0. The van der Waals surface area contributed by atoms with E-state index in [1.165, 1.54) is 89.2 Å². The van der Waals surface area contributed by atoms with Gasteiger partial charge in [0.05, 0.1) is 5.69 Å². The molecule has 1 heterocycles. The number of hydrogen-bond acceptors (Lipinski definition) is 2. The minimum atomic E-state index is -0.117. The van der Waals surface area contributed by atoms with Gasteiger partial charge in [0.2, 0.25) is 0 Å². The van der Waals surface area contributed by atoms with Crippen LogP contribution in [0.1, 0.15) is 92.5 Å². The van der Waals surface area contributed by atoms with E-state index in [-0.39, 0.29) is 17.4 Å². The molecule has 0 amide bonds. The van der Waals surface area contributed by atoms with Crippen LogP contribution in [0.25, 0.3) is 27.8 Å². The first-order valence-corrected chi connectivity index (χ1v) is 23.0. The number of ether oxygens (including phenoxy) is 1. The molecule has 1 aliphatic heterocycles. The second-order valence-electron chi connectivity index (χ2n) is 18.8. The van der Waals surface area contributed by atoms with E-state index < -0.39 is 0 Å². The topological polar surface area (TPSA) is 12.5 Å². The molecule has 0 bridgehead atoms. The fraction of sp³-hybridized carbons (Fsp3) is 0.233. The highest BCUT2D eigenvalue weighted by Gasteiger charge is 2.44. The number of nitrogens with zero attached hydrogens (tertiary/aromatic N) is 1. The van der Waals surface area contributed by atoms with E-state index in [4.69, 9.17) is 4.74 Å². The monoisotopic (exact) mass is 803 g/mol. The summed E-state index contributed by atoms with van der Waals surface area (Å²) in [4.78, 5) is 2.56. The van der Waals surface area contributed by atoms with Crippen molar-refractivity contribution in [2.24, 2.45) is 5.92 Å². The molecular formula is C60H53NO. The van der Waals surface area contributed by atoms with E-state index in [0.717, 1.165) is 56.4 Å². The zero-order valence-corrected chi connectivity index (χ0v) is 35.9. The Morgan fingerprint density at radius 3 is 2.35 bits per heavy atom. The largest absolute Gasteiger partial charge is 0.482 e. The van der Waals surface area contributed by atoms with E-state index in [9.17, 15) is 0 Å². The third-order valence-corrected chi connectivity index (χ3v) is 14.9. The fourth-order valence-electron chi connectivity index (χ4n) is 11.8. The van der Waals surface area contributed by atoms with E-state index in [2.05, 4.69) is 189 Å². The average molecular weight is 804 g/mol. The first-order chi connectivity index (χ1) is 30.5. The van der Waals surface area contributed by atoms with E-state index >= 15 is 0 Å². The molecule has 0 fully saturated rings. The smallest absolute Gasteiger partial charge is 0.147 e. The molecule has 0 radical (unpaired) electrons. The maximum Gasteiger partial charge on any atom is 0.147 e. The molecule has 304 valence electrons. The number of benzene rings is 5. The van der Waals surface area contributed by atoms with Gasteiger partial charge in [-0.05, 0) is 159 Å². The lowest BCUT2D eigenvalue weighted by molar-refractivity contribution is 0.256. The van der Waals surface area contributed by atoms with Crippen LogP contribution >= 0.6 is 0 Å². The van der Waals surface area contributed by atoms with Crippen LogP contribution in [0.5, 0.6) is 5.75 Å². The van der Waals surface area contributed by atoms with Crippen molar-refractivity contribution in [3.8, 4) is 28.0 Å². The van der Waals surface area contributed by atoms with Crippen LogP contribution < -0.4 is 9.64 Å². The Hall–Kier alpha value is -6.38. The standard InChI is InChI=1S/C60H53NO/c1-60(2)55-29-14-13-25-49(55)50-32-31-45(36-56(50)60)61(38-39-33-43(40-17-5-3-6-18-40)35-44(34-39)41-19-7-4-8-20-41)57-30-16-28-52-54-37-53(47-27-15-22-42-21-9-10-23-46(42)47)48-24-11-12-26-51(48)58(54)62-59(52)57/h3-7,10,12-19,22-23,25-26,28-37,47,54,58H,8-9,11,20-21,24,27,38H2,1-2H3. The number of rotatable bonds is 7. The molecule has 6 aliphatic carbocycles. The van der Waals surface area contributed by atoms with Crippen LogP contribution in [0.15, 0.2) is 198 Å². The van der Waals surface area contributed by atoms with Gasteiger partial charge in [0, 0.05) is 35.0 Å². The predicted octanol–water partition coefficient (Wildman–Crippen LogP) is 15.4. The average Bonchev–Trinajstić information content (AvgIpc) is 3.82. The fourth-order valence-corrected chi connectivity index (χ4v) is 11.8. The van der Waals surface area contributed by atoms with Crippen LogP contribution in [-0.4, -0.2) is 6.10 Å². The number of anilines is 2. The minimum Gasteiger partial charge on any atom is -0.482 e. The number of fused-ring (bicyclic) bond motifs is 7. The Labute approximate surface area is 367 Å². The van der Waals surface area contributed by atoms with Crippen LogP contribution in [0.2, 0.25) is 0 Å². The molecular weight excluding hydrogens is 751 g/mol. The second-order valence-corrected chi connectivity index (χ2v) is 18.8. The number of allylic oxidation sites excluding steroid dienone is 13. The molecule has 0 aromatic heterocycles. The van der Waals surface area contributed by atoms with Crippen LogP contribution in [0.4, 0.5) is 11.4 Å². The lowest BCUT2D eigenvalue weighted by Crippen LogP contribution is -2.28. The summed E-state index contributed by atoms with van der Waals surface area (Å²) in [6.45, 7) is 5.47. The van der Waals surface area contributed by atoms with Gasteiger partial charge in [0.1, 0.15) is 11.9 Å². The molecule has 2 heteroatoms. The summed E-state index contributed by atoms with van der Waals surface area (Å²) < 4.78 is 7.44. The highest BCUT2D eigenvalue weighted by atomic mass is 16.5. The van der Waals surface area contributed by atoms with Gasteiger partial charge in [-0.25, -0.2) is 0 Å². The highest BCUT2D eigenvalue weighted by Crippen LogP contribution is 2.56. The van der Waals surface area contributed by atoms with Crippen LogP contribution in [0.3, 0.4) is 0 Å². The Balaban J connectivity index is 1.01. The first kappa shape index (κ1) is 37.4. The van der Waals surface area contributed by atoms with Gasteiger partial charge in [-0.3, -0.25) is 0 Å². The van der Waals surface area contributed by atoms with Crippen LogP contribution in [-0.2, 0) is 12.0 Å². The predicted molar refractivity (Wildman–Crippen MR) is 258 cm³/mol. The van der Waals surface area contributed by atoms with Crippen molar-refractivity contribution in [2.45, 2.75) is 82.8 Å². The van der Waals surface area contributed by atoms with Crippen molar-refractivity contribution in [3.05, 3.63) is 226 Å². The first-order valence-electron chi connectivity index (χ1n) is 23.0. The van der Waals surface area contributed by atoms with Crippen molar-refractivity contribution in [2.75, 3.05) is 4.90 Å². The Morgan fingerprint density at radius 1 is 0.661 bits per heavy atom. The lowest BCUT2D eigenvalue weighted by Gasteiger charge is -2.36. The van der Waals surface area contributed by atoms with E-state index in [1.807, 2.05) is 0 Å². The van der Waals surface area contributed by atoms with Crippen molar-refractivity contribution in [3.63, 3.8) is 0 Å². The van der Waals surface area contributed by atoms with Gasteiger partial charge >= 0.3 is 0 Å². The minimum absolute atomic E-state index is 0.0365. The Bertz CT molecular complexity index is 2920. The summed E-state index contributed by atoms with van der Waals surface area (Å²) in [5, 5.41) is 0. The molecule has 12 rings (SSSR count). The molecule has 0 spiro atoms. The number of para-hydroxylation sites is 1. The van der Waals surface area contributed by atoms with Gasteiger partial charge in [-0.15, -0.1) is 0 Å². The molecule has 7 aliphatic rings. The van der Waals surface area contributed by atoms with Gasteiger partial charge in [0.25, 0.3) is 0 Å². The third kappa shape index (κ3) is 6.13. The maximum atomic E-state index is 7.44. The van der Waals surface area contributed by atoms with Crippen molar-refractivity contribution in [1.82, 2.24) is 0 Å². The molecule has 5 aromatic rings. The van der Waals surface area contributed by atoms with Crippen molar-refractivity contribution in [1.29, 1.82) is 0 Å². The summed E-state index contributed by atoms with van der Waals surface area (Å²) in [5.74, 6) is 1.57. The van der Waals surface area contributed by atoms with Crippen LogP contribution in [0, 0.1) is 5.92 Å². The molecule has 62 heavy (non-hydrogen) atoms. The quantitative estimate of drug-likeness (QED) is 0.162. The lowest BCUT2D eigenvalue weighted by atomic mass is 9.69. The zero-order valence-electron chi connectivity index (χ0n) is 35.9. The van der Waals surface area contributed by atoms with Crippen molar-refractivity contribution < 1.29 is 4.74 Å². The van der Waals surface area contributed by atoms with Gasteiger partial charge < -0.3 is 9.64 Å². The molecule has 0 saturated carbocycles. The zero-order chi connectivity index (χ0) is 41.4. The summed E-state index contributed by atoms with van der Waals surface area (Å²) in [7, 11) is 0. The molecule has 3 unspecified atom stereocenters. The summed E-state index contributed by atoms with van der Waals surface area (Å²) in [6, 6.07) is 41.3. The summed E-state index contributed by atoms with van der Waals surface area (Å²) >= 11 is 0. The Kier molecular flexibility index (Phi) is 8.99. The molecule has 0 N–H and O–H groups in total. The van der Waals surface area contributed by atoms with Gasteiger partial charge in [-0.2, -0.15) is 0 Å². The second kappa shape index (κ2) is 14.9. The molecule has 2 nitrogen and oxygen atoms in total. The molecule has 5 aromatic carbocycles. The maximum absolute atomic E-state index is 7.44. The van der Waals surface area contributed by atoms with Gasteiger partial charge in [-0.1, -0.05) is 147 Å². The SMILES string of the molecule is CC1(C)c2ccccc2-c2ccc(N(Cc3cc(C4=CC=CCC4)cc(-c4ccccc4)c3)c3cccc4c3OC3C5=C(CCC=C5)C(C5CC=CC6=C5C=CCC6)=CC43)cc21. The molecule has 3 atom stereocenters. The summed E-state index contributed by atoms with van der Waals surface area (Å²) in [5.41, 5.74) is 22.9. The van der Waals surface area contributed by atoms with Gasteiger partial charge in [0.15, 0.2) is 0 Å². The molecule has 0 saturated heterocycles. The summed E-state index contributed by atoms with van der Waals surface area (Å²) in [6.07, 6.45) is 31.5. The normalized spacial score (nSPS) is 22.2. The van der Waals surface area contributed by atoms with E-state index in [1.54, 1.807) is 0 Å².